The number of aromatic nitrogens is 2. The highest BCUT2D eigenvalue weighted by Crippen LogP contribution is 2.21. The SMILES string of the molecule is CCc1cc(Cl)nc(-c2ccc(OC)cc2)n1. The van der Waals surface area contributed by atoms with Crippen molar-refractivity contribution in [2.75, 3.05) is 7.11 Å². The monoisotopic (exact) mass is 248 g/mol. The number of hydrogen-bond donors (Lipinski definition) is 0. The van der Waals surface area contributed by atoms with E-state index in [1.165, 1.54) is 0 Å². The van der Waals surface area contributed by atoms with Crippen LogP contribution in [-0.4, -0.2) is 17.1 Å². The molecule has 0 fully saturated rings. The molecule has 0 spiro atoms. The lowest BCUT2D eigenvalue weighted by molar-refractivity contribution is 0.415. The zero-order valence-electron chi connectivity index (χ0n) is 9.77. The third-order valence-electron chi connectivity index (χ3n) is 2.46. The molecule has 0 atom stereocenters. The van der Waals surface area contributed by atoms with E-state index in [0.717, 1.165) is 23.4 Å². The lowest BCUT2D eigenvalue weighted by atomic mass is 10.2. The molecule has 0 saturated carbocycles. The van der Waals surface area contributed by atoms with Crippen LogP contribution in [0.1, 0.15) is 12.6 Å². The minimum atomic E-state index is 0.475. The Morgan fingerprint density at radius 2 is 1.88 bits per heavy atom. The number of nitrogens with zero attached hydrogens (tertiary/aromatic N) is 2. The maximum atomic E-state index is 5.96. The van der Waals surface area contributed by atoms with Crippen molar-refractivity contribution in [3.05, 3.63) is 41.2 Å². The van der Waals surface area contributed by atoms with E-state index in [1.807, 2.05) is 31.2 Å². The van der Waals surface area contributed by atoms with Crippen LogP contribution in [0.25, 0.3) is 11.4 Å². The number of aryl methyl sites for hydroxylation is 1. The quantitative estimate of drug-likeness (QED) is 0.782. The van der Waals surface area contributed by atoms with Gasteiger partial charge in [-0.2, -0.15) is 0 Å². The molecule has 2 aromatic rings. The summed E-state index contributed by atoms with van der Waals surface area (Å²) < 4.78 is 5.11. The third-order valence-corrected chi connectivity index (χ3v) is 2.65. The van der Waals surface area contributed by atoms with Gasteiger partial charge in [-0.15, -0.1) is 0 Å². The minimum Gasteiger partial charge on any atom is -0.497 e. The number of ether oxygens (including phenoxy) is 1. The van der Waals surface area contributed by atoms with Gasteiger partial charge in [-0.1, -0.05) is 18.5 Å². The summed E-state index contributed by atoms with van der Waals surface area (Å²) in [4.78, 5) is 8.66. The fourth-order valence-corrected chi connectivity index (χ4v) is 1.72. The van der Waals surface area contributed by atoms with Gasteiger partial charge in [0.05, 0.1) is 7.11 Å². The fourth-order valence-electron chi connectivity index (χ4n) is 1.51. The van der Waals surface area contributed by atoms with Gasteiger partial charge >= 0.3 is 0 Å². The molecular formula is C13H13ClN2O. The summed E-state index contributed by atoms with van der Waals surface area (Å²) in [6.45, 7) is 2.04. The molecule has 0 saturated heterocycles. The van der Waals surface area contributed by atoms with E-state index in [4.69, 9.17) is 16.3 Å². The summed E-state index contributed by atoms with van der Waals surface area (Å²) in [6, 6.07) is 9.39. The molecule has 0 bridgehead atoms. The van der Waals surface area contributed by atoms with Gasteiger partial charge in [0, 0.05) is 11.3 Å². The Hall–Kier alpha value is -1.61. The standard InChI is InChI=1S/C13H13ClN2O/c1-3-10-8-12(14)16-13(15-10)9-4-6-11(17-2)7-5-9/h4-8H,3H2,1-2H3. The van der Waals surface area contributed by atoms with Gasteiger partial charge in [-0.3, -0.25) is 0 Å². The Morgan fingerprint density at radius 1 is 1.18 bits per heavy atom. The molecule has 0 radical (unpaired) electrons. The smallest absolute Gasteiger partial charge is 0.161 e. The van der Waals surface area contributed by atoms with Crippen LogP contribution in [0.3, 0.4) is 0 Å². The molecule has 0 unspecified atom stereocenters. The lowest BCUT2D eigenvalue weighted by Gasteiger charge is -2.04. The van der Waals surface area contributed by atoms with Crippen LogP contribution in [0, 0.1) is 0 Å². The molecule has 1 aromatic heterocycles. The first-order valence-electron chi connectivity index (χ1n) is 5.41. The minimum absolute atomic E-state index is 0.475. The largest absolute Gasteiger partial charge is 0.497 e. The van der Waals surface area contributed by atoms with Crippen molar-refractivity contribution in [1.82, 2.24) is 9.97 Å². The summed E-state index contributed by atoms with van der Waals surface area (Å²) in [5.41, 5.74) is 1.87. The second-order valence-electron chi connectivity index (χ2n) is 3.59. The zero-order valence-corrected chi connectivity index (χ0v) is 10.5. The van der Waals surface area contributed by atoms with Gasteiger partial charge < -0.3 is 4.74 Å². The molecule has 0 aliphatic heterocycles. The summed E-state index contributed by atoms with van der Waals surface area (Å²) in [7, 11) is 1.64. The van der Waals surface area contributed by atoms with Gasteiger partial charge in [0.2, 0.25) is 0 Å². The second kappa shape index (κ2) is 5.15. The molecule has 0 amide bonds. The van der Waals surface area contributed by atoms with Gasteiger partial charge in [-0.05, 0) is 36.8 Å². The molecule has 3 nitrogen and oxygen atoms in total. The van der Waals surface area contributed by atoms with Crippen molar-refractivity contribution < 1.29 is 4.74 Å². The summed E-state index contributed by atoms with van der Waals surface area (Å²) >= 11 is 5.96. The summed E-state index contributed by atoms with van der Waals surface area (Å²) in [5.74, 6) is 1.46. The maximum Gasteiger partial charge on any atom is 0.161 e. The van der Waals surface area contributed by atoms with Gasteiger partial charge in [0.25, 0.3) is 0 Å². The predicted octanol–water partition coefficient (Wildman–Crippen LogP) is 3.37. The highest BCUT2D eigenvalue weighted by molar-refractivity contribution is 6.29. The van der Waals surface area contributed by atoms with Gasteiger partial charge in [0.15, 0.2) is 5.82 Å². The first kappa shape index (κ1) is 11.9. The Bertz CT molecular complexity index is 511. The maximum absolute atomic E-state index is 5.96. The Balaban J connectivity index is 2.41. The normalized spacial score (nSPS) is 10.3. The number of benzene rings is 1. The Labute approximate surface area is 105 Å². The van der Waals surface area contributed by atoms with Crippen molar-refractivity contribution in [2.24, 2.45) is 0 Å². The van der Waals surface area contributed by atoms with Crippen LogP contribution in [0.15, 0.2) is 30.3 Å². The average molecular weight is 249 g/mol. The van der Waals surface area contributed by atoms with E-state index < -0.39 is 0 Å². The predicted molar refractivity (Wildman–Crippen MR) is 68.4 cm³/mol. The van der Waals surface area contributed by atoms with E-state index in [9.17, 15) is 0 Å². The molecule has 1 heterocycles. The molecule has 88 valence electrons. The molecule has 17 heavy (non-hydrogen) atoms. The van der Waals surface area contributed by atoms with Gasteiger partial charge in [-0.25, -0.2) is 9.97 Å². The molecule has 0 N–H and O–H groups in total. The van der Waals surface area contributed by atoms with E-state index in [2.05, 4.69) is 9.97 Å². The Kier molecular flexibility index (Phi) is 3.59. The van der Waals surface area contributed by atoms with Crippen molar-refractivity contribution in [3.63, 3.8) is 0 Å². The van der Waals surface area contributed by atoms with Crippen LogP contribution in [0.5, 0.6) is 5.75 Å². The summed E-state index contributed by atoms with van der Waals surface area (Å²) in [6.07, 6.45) is 0.839. The molecule has 0 aliphatic carbocycles. The van der Waals surface area contributed by atoms with E-state index >= 15 is 0 Å². The van der Waals surface area contributed by atoms with E-state index in [-0.39, 0.29) is 0 Å². The number of methoxy groups -OCH3 is 1. The Morgan fingerprint density at radius 3 is 2.47 bits per heavy atom. The molecule has 4 heteroatoms. The van der Waals surface area contributed by atoms with E-state index in [1.54, 1.807) is 13.2 Å². The fraction of sp³-hybridized carbons (Fsp3) is 0.231. The second-order valence-corrected chi connectivity index (χ2v) is 3.97. The van der Waals surface area contributed by atoms with Crippen LogP contribution in [0.4, 0.5) is 0 Å². The highest BCUT2D eigenvalue weighted by Gasteiger charge is 2.05. The van der Waals surface area contributed by atoms with Crippen molar-refractivity contribution >= 4 is 11.6 Å². The van der Waals surface area contributed by atoms with Crippen molar-refractivity contribution in [3.8, 4) is 17.1 Å². The van der Waals surface area contributed by atoms with Crippen molar-refractivity contribution in [1.29, 1.82) is 0 Å². The molecular weight excluding hydrogens is 236 g/mol. The zero-order chi connectivity index (χ0) is 12.3. The van der Waals surface area contributed by atoms with Crippen LogP contribution < -0.4 is 4.74 Å². The van der Waals surface area contributed by atoms with Crippen LogP contribution in [-0.2, 0) is 6.42 Å². The first-order chi connectivity index (χ1) is 8.22. The molecule has 1 aromatic carbocycles. The van der Waals surface area contributed by atoms with Crippen LogP contribution >= 0.6 is 11.6 Å². The molecule has 0 aliphatic rings. The number of hydrogen-bond acceptors (Lipinski definition) is 3. The lowest BCUT2D eigenvalue weighted by Crippen LogP contribution is -1.95. The highest BCUT2D eigenvalue weighted by atomic mass is 35.5. The topological polar surface area (TPSA) is 35.0 Å². The van der Waals surface area contributed by atoms with Crippen molar-refractivity contribution in [2.45, 2.75) is 13.3 Å². The number of halogens is 1. The van der Waals surface area contributed by atoms with Gasteiger partial charge in [0.1, 0.15) is 10.9 Å². The average Bonchev–Trinajstić information content (AvgIpc) is 2.38. The molecule has 2 rings (SSSR count). The summed E-state index contributed by atoms with van der Waals surface area (Å²) in [5, 5.41) is 0.475. The first-order valence-corrected chi connectivity index (χ1v) is 5.78. The van der Waals surface area contributed by atoms with E-state index in [0.29, 0.717) is 11.0 Å². The number of rotatable bonds is 3. The van der Waals surface area contributed by atoms with Crippen LogP contribution in [0.2, 0.25) is 5.15 Å². The third kappa shape index (κ3) is 2.74.